The van der Waals surface area contributed by atoms with Crippen LogP contribution in [0, 0.1) is 0 Å². The van der Waals surface area contributed by atoms with Gasteiger partial charge >= 0.3 is 62.6 Å². The fourth-order valence-electron chi connectivity index (χ4n) is 1.28. The van der Waals surface area contributed by atoms with Gasteiger partial charge in [0.05, 0.1) is 0 Å². The summed E-state index contributed by atoms with van der Waals surface area (Å²) in [5, 5.41) is -5.54. The van der Waals surface area contributed by atoms with Crippen LogP contribution in [-0.2, 0) is 10.1 Å². The molecule has 0 aliphatic heterocycles. The molecule has 0 atom stereocenters. The predicted molar refractivity (Wildman–Crippen MR) is 53.0 cm³/mol. The van der Waals surface area contributed by atoms with Gasteiger partial charge in [-0.05, 0) is 6.42 Å². The quantitative estimate of drug-likeness (QED) is 0.277. The minimum absolute atomic E-state index is 0. The van der Waals surface area contributed by atoms with Crippen molar-refractivity contribution < 1.29 is 81.9 Å². The average molecular weight is 318 g/mol. The normalized spacial score (nSPS) is 13.2. The summed E-state index contributed by atoms with van der Waals surface area (Å²) in [5.41, 5.74) is 0. The summed E-state index contributed by atoms with van der Waals surface area (Å²) in [6.07, 6.45) is 1.04. The van der Waals surface area contributed by atoms with Crippen LogP contribution in [-0.4, -0.2) is 24.1 Å². The molecule has 0 fully saturated rings. The summed E-state index contributed by atoms with van der Waals surface area (Å²) in [7, 11) is -6.34. The number of hydrogen-bond acceptors (Lipinski definition) is 3. The van der Waals surface area contributed by atoms with Gasteiger partial charge in [-0.25, -0.2) is 8.42 Å². The molecule has 0 rings (SSSR count). The van der Waals surface area contributed by atoms with Crippen LogP contribution in [0.5, 0.6) is 0 Å². The molecule has 0 aromatic rings. The van der Waals surface area contributed by atoms with Gasteiger partial charge in [-0.1, -0.05) is 32.6 Å². The first kappa shape index (κ1) is 21.6. The standard InChI is InChI=1S/C9H16F4O3S.K/c1-2-3-4-5-6-7-8(10,11)9(12,13)17(14,15)16;/h2-7H2,1H3,(H,14,15,16);/q;+1/p-1. The summed E-state index contributed by atoms with van der Waals surface area (Å²) >= 11 is 0. The van der Waals surface area contributed by atoms with Crippen molar-refractivity contribution in [3.05, 3.63) is 0 Å². The third kappa shape index (κ3) is 6.15. The van der Waals surface area contributed by atoms with Crippen molar-refractivity contribution in [3.8, 4) is 0 Å². The van der Waals surface area contributed by atoms with E-state index in [1.807, 2.05) is 6.92 Å². The molecule has 0 heterocycles. The molecule has 9 heteroatoms. The molecule has 0 radical (unpaired) electrons. The zero-order chi connectivity index (χ0) is 13.7. The van der Waals surface area contributed by atoms with Gasteiger partial charge in [0.15, 0.2) is 10.1 Å². The molecule has 0 aromatic carbocycles. The number of alkyl halides is 4. The number of unbranched alkanes of at least 4 members (excludes halogenated alkanes) is 4. The molecule has 0 saturated carbocycles. The molecule has 0 spiro atoms. The topological polar surface area (TPSA) is 57.2 Å². The van der Waals surface area contributed by atoms with E-state index in [1.165, 1.54) is 0 Å². The molecule has 18 heavy (non-hydrogen) atoms. The van der Waals surface area contributed by atoms with Gasteiger partial charge in [0, 0.05) is 6.42 Å². The Kier molecular flexibility index (Phi) is 10.2. The summed E-state index contributed by atoms with van der Waals surface area (Å²) < 4.78 is 81.2. The largest absolute Gasteiger partial charge is 1.00 e. The third-order valence-corrected chi connectivity index (χ3v) is 3.26. The minimum Gasteiger partial charge on any atom is -0.743 e. The van der Waals surface area contributed by atoms with E-state index < -0.39 is 27.7 Å². The minimum atomic E-state index is -6.34. The Labute approximate surface area is 147 Å². The van der Waals surface area contributed by atoms with Gasteiger partial charge in [-0.2, -0.15) is 17.6 Å². The van der Waals surface area contributed by atoms with Crippen molar-refractivity contribution >= 4 is 10.1 Å². The van der Waals surface area contributed by atoms with Gasteiger partial charge in [0.2, 0.25) is 0 Å². The predicted octanol–water partition coefficient (Wildman–Crippen LogP) is 0.124. The van der Waals surface area contributed by atoms with Gasteiger partial charge in [-0.15, -0.1) is 0 Å². The van der Waals surface area contributed by atoms with Crippen LogP contribution in [0.3, 0.4) is 0 Å². The second kappa shape index (κ2) is 8.53. The Bertz CT molecular complexity index is 333. The van der Waals surface area contributed by atoms with Crippen LogP contribution in [0.2, 0.25) is 0 Å². The molecule has 0 unspecified atom stereocenters. The van der Waals surface area contributed by atoms with Crippen molar-refractivity contribution in [2.45, 2.75) is 56.6 Å². The summed E-state index contributed by atoms with van der Waals surface area (Å²) in [6, 6.07) is 0. The molecular formula is C9H15F4KO3S. The molecule has 0 amide bonds. The van der Waals surface area contributed by atoms with Crippen molar-refractivity contribution in [2.24, 2.45) is 0 Å². The Morgan fingerprint density at radius 1 is 1.00 bits per heavy atom. The van der Waals surface area contributed by atoms with Crippen LogP contribution in [0.1, 0.15) is 45.4 Å². The monoisotopic (exact) mass is 318 g/mol. The molecule has 0 bridgehead atoms. The molecule has 0 aliphatic carbocycles. The molecular weight excluding hydrogens is 303 g/mol. The van der Waals surface area contributed by atoms with Crippen LogP contribution < -0.4 is 51.4 Å². The second-order valence-corrected chi connectivity index (χ2v) is 5.26. The third-order valence-electron chi connectivity index (χ3n) is 2.33. The second-order valence-electron chi connectivity index (χ2n) is 3.84. The molecule has 0 aliphatic rings. The first-order chi connectivity index (χ1) is 7.56. The van der Waals surface area contributed by atoms with Crippen LogP contribution in [0.25, 0.3) is 0 Å². The number of hydrogen-bond donors (Lipinski definition) is 0. The van der Waals surface area contributed by atoms with Gasteiger partial charge in [0.25, 0.3) is 0 Å². The first-order valence-corrected chi connectivity index (χ1v) is 6.68. The average Bonchev–Trinajstić information content (AvgIpc) is 2.15. The van der Waals surface area contributed by atoms with E-state index in [1.54, 1.807) is 0 Å². The van der Waals surface area contributed by atoms with Crippen molar-refractivity contribution in [2.75, 3.05) is 0 Å². The maximum absolute atomic E-state index is 12.9. The molecule has 0 aromatic heterocycles. The van der Waals surface area contributed by atoms with E-state index in [0.717, 1.165) is 12.8 Å². The Balaban J connectivity index is 0. The fraction of sp³-hybridized carbons (Fsp3) is 1.00. The first-order valence-electron chi connectivity index (χ1n) is 5.27. The van der Waals surface area contributed by atoms with Crippen molar-refractivity contribution in [1.29, 1.82) is 0 Å². The SMILES string of the molecule is CCCCCCCC(F)(F)C(F)(F)S(=O)(=O)[O-].[K+]. The molecule has 0 saturated heterocycles. The van der Waals surface area contributed by atoms with E-state index >= 15 is 0 Å². The van der Waals surface area contributed by atoms with Gasteiger partial charge < -0.3 is 4.55 Å². The van der Waals surface area contributed by atoms with Crippen LogP contribution in [0.4, 0.5) is 17.6 Å². The summed E-state index contributed by atoms with van der Waals surface area (Å²) in [6.45, 7) is 1.90. The van der Waals surface area contributed by atoms with E-state index in [9.17, 15) is 30.5 Å². The Hall–Kier alpha value is 1.27. The zero-order valence-electron chi connectivity index (χ0n) is 10.4. The fourth-order valence-corrected chi connectivity index (χ4v) is 1.75. The van der Waals surface area contributed by atoms with E-state index in [-0.39, 0.29) is 57.8 Å². The van der Waals surface area contributed by atoms with Crippen molar-refractivity contribution in [1.82, 2.24) is 0 Å². The maximum atomic E-state index is 12.9. The van der Waals surface area contributed by atoms with Crippen LogP contribution >= 0.6 is 0 Å². The van der Waals surface area contributed by atoms with E-state index in [0.29, 0.717) is 12.8 Å². The maximum Gasteiger partial charge on any atom is 1.00 e. The summed E-state index contributed by atoms with van der Waals surface area (Å²) in [4.78, 5) is 0. The molecule has 0 N–H and O–H groups in total. The van der Waals surface area contributed by atoms with E-state index in [4.69, 9.17) is 0 Å². The van der Waals surface area contributed by atoms with Crippen molar-refractivity contribution in [3.63, 3.8) is 0 Å². The number of rotatable bonds is 8. The zero-order valence-corrected chi connectivity index (χ0v) is 14.3. The number of halogens is 4. The van der Waals surface area contributed by atoms with E-state index in [2.05, 4.69) is 0 Å². The Morgan fingerprint density at radius 2 is 1.44 bits per heavy atom. The Morgan fingerprint density at radius 3 is 1.83 bits per heavy atom. The molecule has 104 valence electrons. The van der Waals surface area contributed by atoms with Gasteiger partial charge in [0.1, 0.15) is 0 Å². The molecule has 3 nitrogen and oxygen atoms in total. The van der Waals surface area contributed by atoms with Crippen LogP contribution in [0.15, 0.2) is 0 Å². The smallest absolute Gasteiger partial charge is 0.743 e. The van der Waals surface area contributed by atoms with Gasteiger partial charge in [-0.3, -0.25) is 0 Å². The summed E-state index contributed by atoms with van der Waals surface area (Å²) in [5.74, 6) is -4.81.